The van der Waals surface area contributed by atoms with Gasteiger partial charge < -0.3 is 14.6 Å². The molecule has 2 atom stereocenters. The lowest BCUT2D eigenvalue weighted by Gasteiger charge is -2.24. The summed E-state index contributed by atoms with van der Waals surface area (Å²) < 4.78 is 9.71. The Morgan fingerprint density at radius 3 is 2.80 bits per heavy atom. The van der Waals surface area contributed by atoms with Crippen LogP contribution in [-0.2, 0) is 14.3 Å². The molecule has 4 nitrogen and oxygen atoms in total. The van der Waals surface area contributed by atoms with Crippen LogP contribution in [0.3, 0.4) is 0 Å². The molecule has 1 fully saturated rings. The van der Waals surface area contributed by atoms with Gasteiger partial charge in [-0.2, -0.15) is 0 Å². The highest BCUT2D eigenvalue weighted by atomic mass is 16.7. The highest BCUT2D eigenvalue weighted by Crippen LogP contribution is 2.11. The van der Waals surface area contributed by atoms with E-state index in [0.29, 0.717) is 6.61 Å². The summed E-state index contributed by atoms with van der Waals surface area (Å²) in [7, 11) is 0. The first kappa shape index (κ1) is 7.50. The van der Waals surface area contributed by atoms with Crippen LogP contribution >= 0.6 is 0 Å². The van der Waals surface area contributed by atoms with Gasteiger partial charge in [-0.15, -0.1) is 0 Å². The molecular weight excluding hydrogens is 136 g/mol. The van der Waals surface area contributed by atoms with Crippen LogP contribution in [-0.4, -0.2) is 30.1 Å². The topological polar surface area (TPSA) is 55.8 Å². The van der Waals surface area contributed by atoms with Gasteiger partial charge in [-0.1, -0.05) is 0 Å². The Kier molecular flexibility index (Phi) is 2.24. The molecule has 1 aliphatic heterocycles. The summed E-state index contributed by atoms with van der Waals surface area (Å²) >= 11 is 0. The minimum atomic E-state index is -1.05. The zero-order valence-electron chi connectivity index (χ0n) is 5.74. The van der Waals surface area contributed by atoms with Crippen molar-refractivity contribution < 1.29 is 19.4 Å². The summed E-state index contributed by atoms with van der Waals surface area (Å²) in [5, 5.41) is 8.41. The minimum absolute atomic E-state index is 0.00477. The Morgan fingerprint density at radius 1 is 1.70 bits per heavy atom. The van der Waals surface area contributed by atoms with Crippen LogP contribution < -0.4 is 0 Å². The fraction of sp³-hybridized carbons (Fsp3) is 0.833. The van der Waals surface area contributed by atoms with Crippen LogP contribution in [0.1, 0.15) is 13.3 Å². The Bertz CT molecular complexity index is 134. The third-order valence-electron chi connectivity index (χ3n) is 1.35. The Morgan fingerprint density at radius 2 is 2.40 bits per heavy atom. The Hall–Kier alpha value is -0.610. The van der Waals surface area contributed by atoms with E-state index >= 15 is 0 Å². The Balaban J connectivity index is 2.39. The number of rotatable bonds is 1. The van der Waals surface area contributed by atoms with Crippen LogP contribution in [0.15, 0.2) is 0 Å². The van der Waals surface area contributed by atoms with Gasteiger partial charge in [-0.25, -0.2) is 4.79 Å². The number of carboxylic acid groups (broad SMARTS) is 1. The van der Waals surface area contributed by atoms with E-state index in [1.165, 1.54) is 0 Å². The maximum atomic E-state index is 10.2. The normalized spacial score (nSPS) is 33.7. The summed E-state index contributed by atoms with van der Waals surface area (Å²) in [6.45, 7) is 2.30. The maximum absolute atomic E-state index is 10.2. The molecule has 0 amide bonds. The molecule has 0 spiro atoms. The summed E-state index contributed by atoms with van der Waals surface area (Å²) in [4.78, 5) is 10.2. The monoisotopic (exact) mass is 146 g/mol. The van der Waals surface area contributed by atoms with Crippen LogP contribution in [0.4, 0.5) is 0 Å². The molecule has 4 heteroatoms. The second kappa shape index (κ2) is 2.98. The molecule has 0 radical (unpaired) electrons. The van der Waals surface area contributed by atoms with Crippen LogP contribution in [0, 0.1) is 0 Å². The molecule has 1 rings (SSSR count). The van der Waals surface area contributed by atoms with Gasteiger partial charge in [0.05, 0.1) is 12.7 Å². The molecule has 0 aromatic rings. The van der Waals surface area contributed by atoms with Gasteiger partial charge in [0.1, 0.15) is 0 Å². The van der Waals surface area contributed by atoms with E-state index in [0.717, 1.165) is 6.42 Å². The minimum Gasteiger partial charge on any atom is -0.477 e. The third kappa shape index (κ3) is 1.68. The molecule has 0 aromatic carbocycles. The predicted octanol–water partition coefficient (Wildman–Crippen LogP) is 0.222. The van der Waals surface area contributed by atoms with Crippen molar-refractivity contribution in [2.75, 3.05) is 6.61 Å². The summed E-state index contributed by atoms with van der Waals surface area (Å²) in [6, 6.07) is 0. The molecular formula is C6H10O4. The van der Waals surface area contributed by atoms with Crippen molar-refractivity contribution in [2.24, 2.45) is 0 Å². The van der Waals surface area contributed by atoms with E-state index in [9.17, 15) is 4.79 Å². The quantitative estimate of drug-likeness (QED) is 0.575. The third-order valence-corrected chi connectivity index (χ3v) is 1.35. The van der Waals surface area contributed by atoms with Crippen molar-refractivity contribution in [3.8, 4) is 0 Å². The smallest absolute Gasteiger partial charge is 0.361 e. The number of aliphatic carboxylic acids is 1. The molecule has 1 aliphatic rings. The van der Waals surface area contributed by atoms with Gasteiger partial charge in [0.2, 0.25) is 0 Å². The molecule has 0 saturated carbocycles. The van der Waals surface area contributed by atoms with E-state index < -0.39 is 12.3 Å². The number of ether oxygens (including phenoxy) is 2. The molecule has 0 unspecified atom stereocenters. The number of hydrogen-bond donors (Lipinski definition) is 1. The first-order valence-corrected chi connectivity index (χ1v) is 3.20. The zero-order chi connectivity index (χ0) is 7.56. The largest absolute Gasteiger partial charge is 0.477 e. The lowest BCUT2D eigenvalue weighted by Crippen LogP contribution is -2.36. The number of carboxylic acids is 1. The van der Waals surface area contributed by atoms with E-state index in [1.807, 2.05) is 6.92 Å². The molecule has 0 aliphatic carbocycles. The summed E-state index contributed by atoms with van der Waals surface area (Å²) in [5.41, 5.74) is 0. The lowest BCUT2D eigenvalue weighted by molar-refractivity contribution is -0.221. The molecule has 1 heterocycles. The molecule has 58 valence electrons. The van der Waals surface area contributed by atoms with Crippen molar-refractivity contribution in [3.05, 3.63) is 0 Å². The van der Waals surface area contributed by atoms with E-state index in [2.05, 4.69) is 0 Å². The zero-order valence-corrected chi connectivity index (χ0v) is 5.74. The van der Waals surface area contributed by atoms with Crippen LogP contribution in [0.5, 0.6) is 0 Å². The van der Waals surface area contributed by atoms with Crippen molar-refractivity contribution in [1.29, 1.82) is 0 Å². The van der Waals surface area contributed by atoms with E-state index in [-0.39, 0.29) is 6.10 Å². The fourth-order valence-corrected chi connectivity index (χ4v) is 0.789. The SMILES string of the molecule is C[C@H]1CCO[C@@H](C(=O)O)O1. The molecule has 1 saturated heterocycles. The van der Waals surface area contributed by atoms with Gasteiger partial charge in [0.25, 0.3) is 6.29 Å². The van der Waals surface area contributed by atoms with Gasteiger partial charge >= 0.3 is 5.97 Å². The van der Waals surface area contributed by atoms with Gasteiger partial charge in [-0.05, 0) is 13.3 Å². The van der Waals surface area contributed by atoms with Crippen LogP contribution in [0.25, 0.3) is 0 Å². The lowest BCUT2D eigenvalue weighted by atomic mass is 10.3. The van der Waals surface area contributed by atoms with Crippen molar-refractivity contribution in [1.82, 2.24) is 0 Å². The van der Waals surface area contributed by atoms with E-state index in [4.69, 9.17) is 14.6 Å². The van der Waals surface area contributed by atoms with Crippen LogP contribution in [0.2, 0.25) is 0 Å². The first-order valence-electron chi connectivity index (χ1n) is 3.20. The maximum Gasteiger partial charge on any atom is 0.361 e. The molecule has 0 bridgehead atoms. The van der Waals surface area contributed by atoms with Gasteiger partial charge in [-0.3, -0.25) is 0 Å². The second-order valence-electron chi connectivity index (χ2n) is 2.28. The highest BCUT2D eigenvalue weighted by molar-refractivity contribution is 5.70. The standard InChI is InChI=1S/C6H10O4/c1-4-2-3-9-6(10-4)5(7)8/h4,6H,2-3H2,1H3,(H,7,8)/t4-,6+/m0/s1. The fourth-order valence-electron chi connectivity index (χ4n) is 0.789. The Labute approximate surface area is 58.7 Å². The summed E-state index contributed by atoms with van der Waals surface area (Å²) in [6.07, 6.45) is -0.289. The highest BCUT2D eigenvalue weighted by Gasteiger charge is 2.25. The number of carbonyl (C=O) groups is 1. The molecule has 0 aromatic heterocycles. The van der Waals surface area contributed by atoms with Crippen molar-refractivity contribution >= 4 is 5.97 Å². The summed E-state index contributed by atoms with van der Waals surface area (Å²) in [5.74, 6) is -1.05. The molecule has 1 N–H and O–H groups in total. The predicted molar refractivity (Wildman–Crippen MR) is 32.5 cm³/mol. The first-order chi connectivity index (χ1) is 4.70. The average Bonchev–Trinajstić information content (AvgIpc) is 1.88. The van der Waals surface area contributed by atoms with Gasteiger partial charge in [0.15, 0.2) is 0 Å². The van der Waals surface area contributed by atoms with Crippen molar-refractivity contribution in [2.45, 2.75) is 25.7 Å². The number of hydrogen-bond acceptors (Lipinski definition) is 3. The molecule has 10 heavy (non-hydrogen) atoms. The van der Waals surface area contributed by atoms with E-state index in [1.54, 1.807) is 0 Å². The van der Waals surface area contributed by atoms with Crippen molar-refractivity contribution in [3.63, 3.8) is 0 Å². The average molecular weight is 146 g/mol. The van der Waals surface area contributed by atoms with Gasteiger partial charge in [0, 0.05) is 0 Å². The second-order valence-corrected chi connectivity index (χ2v) is 2.28.